The van der Waals surface area contributed by atoms with Gasteiger partial charge in [0.2, 0.25) is 0 Å². The number of benzene rings is 2. The Morgan fingerprint density at radius 2 is 1.95 bits per heavy atom. The summed E-state index contributed by atoms with van der Waals surface area (Å²) in [6.07, 6.45) is 0.885. The molecule has 3 heteroatoms. The largest absolute Gasteiger partial charge is 0.372 e. The number of hydrogen-bond donors (Lipinski definition) is 1. The molecule has 0 aromatic heterocycles. The van der Waals surface area contributed by atoms with E-state index in [1.807, 2.05) is 25.2 Å². The van der Waals surface area contributed by atoms with Gasteiger partial charge < -0.3 is 10.1 Å². The lowest BCUT2D eigenvalue weighted by Crippen LogP contribution is -2.19. The zero-order chi connectivity index (χ0) is 13.9. The lowest BCUT2D eigenvalue weighted by atomic mass is 9.96. The van der Waals surface area contributed by atoms with Crippen LogP contribution in [0.2, 0.25) is 5.02 Å². The molecule has 0 spiro atoms. The summed E-state index contributed by atoms with van der Waals surface area (Å²) in [5.41, 5.74) is 5.07. The van der Waals surface area contributed by atoms with E-state index in [0.717, 1.165) is 24.7 Å². The Kier molecular flexibility index (Phi) is 4.06. The van der Waals surface area contributed by atoms with E-state index in [1.54, 1.807) is 0 Å². The quantitative estimate of drug-likeness (QED) is 0.921. The normalized spacial score (nSPS) is 15.1. The molecule has 0 amide bonds. The first-order valence-electron chi connectivity index (χ1n) is 6.88. The number of likely N-dealkylation sites (N-methyl/N-ethyl adjacent to an activating group) is 1. The van der Waals surface area contributed by atoms with Crippen molar-refractivity contribution < 1.29 is 4.74 Å². The van der Waals surface area contributed by atoms with Crippen LogP contribution in [0.1, 0.15) is 28.3 Å². The molecule has 1 aliphatic heterocycles. The Bertz CT molecular complexity index is 612. The van der Waals surface area contributed by atoms with Crippen LogP contribution in [-0.2, 0) is 24.4 Å². The summed E-state index contributed by atoms with van der Waals surface area (Å²) < 4.78 is 5.48. The number of halogens is 1. The predicted octanol–water partition coefficient (Wildman–Crippen LogP) is 3.87. The summed E-state index contributed by atoms with van der Waals surface area (Å²) in [6, 6.07) is 14.9. The summed E-state index contributed by atoms with van der Waals surface area (Å²) in [5.74, 6) is 0. The minimum absolute atomic E-state index is 0.265. The van der Waals surface area contributed by atoms with Crippen molar-refractivity contribution >= 4 is 11.6 Å². The van der Waals surface area contributed by atoms with Gasteiger partial charge in [-0.2, -0.15) is 0 Å². The highest BCUT2D eigenvalue weighted by atomic mass is 35.5. The van der Waals surface area contributed by atoms with Gasteiger partial charge in [0.05, 0.1) is 13.2 Å². The Labute approximate surface area is 124 Å². The number of rotatable bonds is 4. The van der Waals surface area contributed by atoms with Crippen molar-refractivity contribution in [3.63, 3.8) is 0 Å². The second-order valence-corrected chi connectivity index (χ2v) is 5.56. The summed E-state index contributed by atoms with van der Waals surface area (Å²) in [4.78, 5) is 0. The minimum atomic E-state index is 0.265. The van der Waals surface area contributed by atoms with Crippen molar-refractivity contribution in [1.29, 1.82) is 0 Å². The van der Waals surface area contributed by atoms with E-state index in [2.05, 4.69) is 29.6 Å². The highest BCUT2D eigenvalue weighted by Gasteiger charge is 2.16. The molecule has 2 aromatic rings. The minimum Gasteiger partial charge on any atom is -0.372 e. The standard InChI is InChI=1S/C17H18ClNO/c1-19-17(9-12-4-2-3-5-16(12)18)13-6-7-14-10-20-11-15(14)8-13/h2-8,17,19H,9-11H2,1H3. The van der Waals surface area contributed by atoms with Crippen molar-refractivity contribution in [3.05, 3.63) is 69.7 Å². The van der Waals surface area contributed by atoms with Crippen LogP contribution in [0.3, 0.4) is 0 Å². The maximum Gasteiger partial charge on any atom is 0.0725 e. The summed E-state index contributed by atoms with van der Waals surface area (Å²) in [7, 11) is 1.99. The molecule has 0 saturated carbocycles. The lowest BCUT2D eigenvalue weighted by Gasteiger charge is -2.18. The number of fused-ring (bicyclic) bond motifs is 1. The highest BCUT2D eigenvalue weighted by molar-refractivity contribution is 6.31. The number of hydrogen-bond acceptors (Lipinski definition) is 2. The van der Waals surface area contributed by atoms with Crippen molar-refractivity contribution in [3.8, 4) is 0 Å². The zero-order valence-electron chi connectivity index (χ0n) is 11.5. The van der Waals surface area contributed by atoms with Gasteiger partial charge in [0, 0.05) is 11.1 Å². The molecule has 0 bridgehead atoms. The Morgan fingerprint density at radius 1 is 1.15 bits per heavy atom. The average molecular weight is 288 g/mol. The lowest BCUT2D eigenvalue weighted by molar-refractivity contribution is 0.134. The Hall–Kier alpha value is -1.35. The predicted molar refractivity (Wildman–Crippen MR) is 81.9 cm³/mol. The van der Waals surface area contributed by atoms with Crippen molar-refractivity contribution in [2.45, 2.75) is 25.7 Å². The maximum atomic E-state index is 6.26. The molecule has 1 N–H and O–H groups in total. The van der Waals surface area contributed by atoms with Gasteiger partial charge in [-0.15, -0.1) is 0 Å². The van der Waals surface area contributed by atoms with E-state index in [-0.39, 0.29) is 6.04 Å². The third-order valence-electron chi connectivity index (χ3n) is 3.88. The molecule has 2 nitrogen and oxygen atoms in total. The topological polar surface area (TPSA) is 21.3 Å². The van der Waals surface area contributed by atoms with Crippen LogP contribution in [0.4, 0.5) is 0 Å². The summed E-state index contributed by atoms with van der Waals surface area (Å²) >= 11 is 6.26. The van der Waals surface area contributed by atoms with Gasteiger partial charge >= 0.3 is 0 Å². The van der Waals surface area contributed by atoms with Gasteiger partial charge in [-0.05, 0) is 41.8 Å². The van der Waals surface area contributed by atoms with Gasteiger partial charge in [0.1, 0.15) is 0 Å². The monoisotopic (exact) mass is 287 g/mol. The van der Waals surface area contributed by atoms with Crippen LogP contribution in [0.25, 0.3) is 0 Å². The van der Waals surface area contributed by atoms with Gasteiger partial charge in [-0.1, -0.05) is 48.0 Å². The molecule has 1 unspecified atom stereocenters. The second-order valence-electron chi connectivity index (χ2n) is 5.16. The average Bonchev–Trinajstić information content (AvgIpc) is 2.94. The summed E-state index contributed by atoms with van der Waals surface area (Å²) in [6.45, 7) is 1.47. The third kappa shape index (κ3) is 2.73. The Balaban J connectivity index is 1.85. The molecule has 1 atom stereocenters. The molecular weight excluding hydrogens is 270 g/mol. The fourth-order valence-electron chi connectivity index (χ4n) is 2.68. The fourth-order valence-corrected chi connectivity index (χ4v) is 2.89. The van der Waals surface area contributed by atoms with Crippen LogP contribution in [0, 0.1) is 0 Å². The second kappa shape index (κ2) is 5.96. The van der Waals surface area contributed by atoms with Gasteiger partial charge in [0.25, 0.3) is 0 Å². The molecule has 20 heavy (non-hydrogen) atoms. The van der Waals surface area contributed by atoms with Gasteiger partial charge in [-0.25, -0.2) is 0 Å². The molecule has 1 heterocycles. The first-order chi connectivity index (χ1) is 9.78. The molecule has 0 radical (unpaired) electrons. The Morgan fingerprint density at radius 3 is 2.75 bits per heavy atom. The number of ether oxygens (including phenoxy) is 1. The summed E-state index contributed by atoms with van der Waals surface area (Å²) in [5, 5.41) is 4.22. The molecule has 104 valence electrons. The van der Waals surface area contributed by atoms with Gasteiger partial charge in [0.15, 0.2) is 0 Å². The van der Waals surface area contributed by atoms with Crippen LogP contribution < -0.4 is 5.32 Å². The van der Waals surface area contributed by atoms with E-state index in [4.69, 9.17) is 16.3 Å². The molecule has 1 aliphatic rings. The van der Waals surface area contributed by atoms with Crippen molar-refractivity contribution in [2.75, 3.05) is 7.05 Å². The smallest absolute Gasteiger partial charge is 0.0725 e. The molecule has 0 aliphatic carbocycles. The van der Waals surface area contributed by atoms with Crippen LogP contribution in [0.15, 0.2) is 42.5 Å². The maximum absolute atomic E-state index is 6.26. The van der Waals surface area contributed by atoms with E-state index >= 15 is 0 Å². The van der Waals surface area contributed by atoms with Crippen LogP contribution in [0.5, 0.6) is 0 Å². The number of nitrogens with one attached hydrogen (secondary N) is 1. The molecule has 0 fully saturated rings. The van der Waals surface area contributed by atoms with E-state index in [9.17, 15) is 0 Å². The highest BCUT2D eigenvalue weighted by Crippen LogP contribution is 2.27. The fraction of sp³-hybridized carbons (Fsp3) is 0.294. The van der Waals surface area contributed by atoms with E-state index in [0.29, 0.717) is 0 Å². The molecule has 0 saturated heterocycles. The molecule has 3 rings (SSSR count). The van der Waals surface area contributed by atoms with Gasteiger partial charge in [-0.3, -0.25) is 0 Å². The SMILES string of the molecule is CNC(Cc1ccccc1Cl)c1ccc2c(c1)COC2. The van der Waals surface area contributed by atoms with E-state index in [1.165, 1.54) is 22.3 Å². The van der Waals surface area contributed by atoms with Crippen LogP contribution in [-0.4, -0.2) is 7.05 Å². The van der Waals surface area contributed by atoms with E-state index < -0.39 is 0 Å². The van der Waals surface area contributed by atoms with Crippen LogP contribution >= 0.6 is 11.6 Å². The first kappa shape index (κ1) is 13.6. The zero-order valence-corrected chi connectivity index (χ0v) is 12.3. The van der Waals surface area contributed by atoms with Crippen molar-refractivity contribution in [1.82, 2.24) is 5.32 Å². The third-order valence-corrected chi connectivity index (χ3v) is 4.25. The molecule has 2 aromatic carbocycles. The van der Waals surface area contributed by atoms with Crippen molar-refractivity contribution in [2.24, 2.45) is 0 Å². The first-order valence-corrected chi connectivity index (χ1v) is 7.26. The molecular formula is C17H18ClNO.